The SMILES string of the molecule is C=CCO/N=C1/C[C@@H](C(N)=O)N(CCN(CC)CC)C1. The van der Waals surface area contributed by atoms with E-state index < -0.39 is 0 Å². The molecule has 0 spiro atoms. The van der Waals surface area contributed by atoms with Gasteiger partial charge in [0.15, 0.2) is 0 Å². The molecule has 1 aliphatic heterocycles. The molecule has 1 rings (SSSR count). The smallest absolute Gasteiger partial charge is 0.235 e. The van der Waals surface area contributed by atoms with Crippen molar-refractivity contribution in [2.45, 2.75) is 26.3 Å². The van der Waals surface area contributed by atoms with Crippen LogP contribution in [0.1, 0.15) is 20.3 Å². The standard InChI is InChI=1S/C14H26N4O2/c1-4-9-20-16-12-10-13(14(15)19)18(11-12)8-7-17(5-2)6-3/h4,13H,1,5-11H2,2-3H3,(H2,15,19)/b16-12-/t13-/m0/s1. The number of primary amides is 1. The first-order valence-electron chi connectivity index (χ1n) is 7.16. The first-order chi connectivity index (χ1) is 9.62. The monoisotopic (exact) mass is 282 g/mol. The number of hydrogen-bond acceptors (Lipinski definition) is 5. The fraction of sp³-hybridized carbons (Fsp3) is 0.714. The molecule has 1 heterocycles. The summed E-state index contributed by atoms with van der Waals surface area (Å²) in [5.41, 5.74) is 6.34. The lowest BCUT2D eigenvalue weighted by atomic mass is 10.2. The van der Waals surface area contributed by atoms with E-state index in [2.05, 4.69) is 35.4 Å². The van der Waals surface area contributed by atoms with Crippen LogP contribution in [0.15, 0.2) is 17.8 Å². The molecule has 2 N–H and O–H groups in total. The summed E-state index contributed by atoms with van der Waals surface area (Å²) < 4.78 is 0. The molecule has 1 saturated heterocycles. The highest BCUT2D eigenvalue weighted by Crippen LogP contribution is 2.15. The van der Waals surface area contributed by atoms with E-state index in [4.69, 9.17) is 10.6 Å². The van der Waals surface area contributed by atoms with Crippen molar-refractivity contribution in [2.24, 2.45) is 10.9 Å². The van der Waals surface area contributed by atoms with E-state index in [1.807, 2.05) is 0 Å². The Labute approximate surface area is 121 Å². The maximum atomic E-state index is 11.5. The van der Waals surface area contributed by atoms with Crippen molar-refractivity contribution in [3.8, 4) is 0 Å². The average Bonchev–Trinajstić information content (AvgIpc) is 2.84. The highest BCUT2D eigenvalue weighted by atomic mass is 16.6. The number of carbonyl (C=O) groups excluding carboxylic acids is 1. The zero-order chi connectivity index (χ0) is 15.0. The van der Waals surface area contributed by atoms with E-state index in [-0.39, 0.29) is 11.9 Å². The van der Waals surface area contributed by atoms with Crippen molar-refractivity contribution in [1.82, 2.24) is 9.80 Å². The number of nitrogens with zero attached hydrogens (tertiary/aromatic N) is 3. The van der Waals surface area contributed by atoms with Gasteiger partial charge in [0.05, 0.1) is 11.8 Å². The number of amides is 1. The Morgan fingerprint density at radius 1 is 1.60 bits per heavy atom. The Morgan fingerprint density at radius 2 is 2.30 bits per heavy atom. The van der Waals surface area contributed by atoms with Crippen LogP contribution in [-0.2, 0) is 9.63 Å². The quantitative estimate of drug-likeness (QED) is 0.378. The van der Waals surface area contributed by atoms with Gasteiger partial charge in [0.25, 0.3) is 0 Å². The largest absolute Gasteiger partial charge is 0.392 e. The van der Waals surface area contributed by atoms with Gasteiger partial charge >= 0.3 is 0 Å². The predicted molar refractivity (Wildman–Crippen MR) is 80.5 cm³/mol. The van der Waals surface area contributed by atoms with Crippen LogP contribution >= 0.6 is 0 Å². The molecule has 1 aliphatic rings. The Hall–Kier alpha value is -1.40. The Morgan fingerprint density at radius 3 is 2.85 bits per heavy atom. The molecule has 0 radical (unpaired) electrons. The molecule has 0 aromatic carbocycles. The van der Waals surface area contributed by atoms with Crippen molar-refractivity contribution in [3.05, 3.63) is 12.7 Å². The first-order valence-corrected chi connectivity index (χ1v) is 7.16. The van der Waals surface area contributed by atoms with Gasteiger partial charge in [0.1, 0.15) is 6.61 Å². The lowest BCUT2D eigenvalue weighted by molar-refractivity contribution is -0.122. The van der Waals surface area contributed by atoms with Crippen molar-refractivity contribution >= 4 is 11.6 Å². The van der Waals surface area contributed by atoms with Gasteiger partial charge in [-0.15, -0.1) is 0 Å². The number of nitrogens with two attached hydrogens (primary N) is 1. The van der Waals surface area contributed by atoms with Gasteiger partial charge in [-0.2, -0.15) is 0 Å². The Balaban J connectivity index is 2.56. The van der Waals surface area contributed by atoms with Gasteiger partial charge in [0.2, 0.25) is 5.91 Å². The summed E-state index contributed by atoms with van der Waals surface area (Å²) in [4.78, 5) is 21.0. The maximum Gasteiger partial charge on any atom is 0.235 e. The number of carbonyl (C=O) groups is 1. The number of oxime groups is 1. The van der Waals surface area contributed by atoms with E-state index >= 15 is 0 Å². The van der Waals surface area contributed by atoms with Crippen LogP contribution in [-0.4, -0.2) is 66.8 Å². The van der Waals surface area contributed by atoms with Crippen LogP contribution in [0.4, 0.5) is 0 Å². The molecular formula is C14H26N4O2. The molecule has 1 fully saturated rings. The van der Waals surface area contributed by atoms with E-state index in [9.17, 15) is 4.79 Å². The fourth-order valence-corrected chi connectivity index (χ4v) is 2.33. The zero-order valence-electron chi connectivity index (χ0n) is 12.5. The van der Waals surface area contributed by atoms with Crippen molar-refractivity contribution in [1.29, 1.82) is 0 Å². The number of likely N-dealkylation sites (N-methyl/N-ethyl adjacent to an activating group) is 1. The molecule has 0 unspecified atom stereocenters. The lowest BCUT2D eigenvalue weighted by Crippen LogP contribution is -2.43. The summed E-state index contributed by atoms with van der Waals surface area (Å²) >= 11 is 0. The van der Waals surface area contributed by atoms with E-state index in [0.29, 0.717) is 19.6 Å². The van der Waals surface area contributed by atoms with Gasteiger partial charge in [-0.25, -0.2) is 0 Å². The van der Waals surface area contributed by atoms with Gasteiger partial charge < -0.3 is 15.5 Å². The zero-order valence-corrected chi connectivity index (χ0v) is 12.5. The summed E-state index contributed by atoms with van der Waals surface area (Å²) in [6.45, 7) is 12.6. The lowest BCUT2D eigenvalue weighted by Gasteiger charge is -2.25. The van der Waals surface area contributed by atoms with Gasteiger partial charge in [-0.1, -0.05) is 31.7 Å². The van der Waals surface area contributed by atoms with E-state index in [1.54, 1.807) is 6.08 Å². The topological polar surface area (TPSA) is 71.2 Å². The summed E-state index contributed by atoms with van der Waals surface area (Å²) in [5.74, 6) is -0.293. The molecule has 0 aliphatic carbocycles. The molecule has 6 nitrogen and oxygen atoms in total. The normalized spacial score (nSPS) is 21.6. The van der Waals surface area contributed by atoms with Crippen LogP contribution in [0.2, 0.25) is 0 Å². The third-order valence-electron chi connectivity index (χ3n) is 3.57. The predicted octanol–water partition coefficient (Wildman–Crippen LogP) is 0.446. The summed E-state index contributed by atoms with van der Waals surface area (Å²) in [5, 5.41) is 4.05. The highest BCUT2D eigenvalue weighted by Gasteiger charge is 2.33. The van der Waals surface area contributed by atoms with Crippen molar-refractivity contribution in [3.63, 3.8) is 0 Å². The Kier molecular flexibility index (Phi) is 7.25. The summed E-state index contributed by atoms with van der Waals surface area (Å²) in [6, 6.07) is -0.267. The molecule has 20 heavy (non-hydrogen) atoms. The Bertz CT molecular complexity index is 353. The minimum atomic E-state index is -0.293. The first kappa shape index (κ1) is 16.7. The molecule has 0 aromatic rings. The van der Waals surface area contributed by atoms with E-state index in [1.165, 1.54) is 0 Å². The van der Waals surface area contributed by atoms with Crippen LogP contribution in [0.3, 0.4) is 0 Å². The summed E-state index contributed by atoms with van der Waals surface area (Å²) in [6.07, 6.45) is 2.20. The van der Waals surface area contributed by atoms with Crippen LogP contribution < -0.4 is 5.73 Å². The van der Waals surface area contributed by atoms with Crippen LogP contribution in [0, 0.1) is 0 Å². The highest BCUT2D eigenvalue weighted by molar-refractivity contribution is 5.95. The molecule has 1 atom stereocenters. The second-order valence-corrected chi connectivity index (χ2v) is 4.86. The van der Waals surface area contributed by atoms with Gasteiger partial charge in [-0.05, 0) is 13.1 Å². The third-order valence-corrected chi connectivity index (χ3v) is 3.57. The molecule has 0 aromatic heterocycles. The van der Waals surface area contributed by atoms with Crippen molar-refractivity contribution < 1.29 is 9.63 Å². The molecule has 114 valence electrons. The second-order valence-electron chi connectivity index (χ2n) is 4.86. The summed E-state index contributed by atoms with van der Waals surface area (Å²) in [7, 11) is 0. The molecule has 1 amide bonds. The maximum absolute atomic E-state index is 11.5. The van der Waals surface area contributed by atoms with Crippen LogP contribution in [0.5, 0.6) is 0 Å². The number of rotatable bonds is 9. The van der Waals surface area contributed by atoms with Crippen molar-refractivity contribution in [2.75, 3.05) is 39.3 Å². The third kappa shape index (κ3) is 4.94. The van der Waals surface area contributed by atoms with Gasteiger partial charge in [0, 0.05) is 26.1 Å². The molecule has 0 saturated carbocycles. The number of likely N-dealkylation sites (tertiary alicyclic amines) is 1. The number of hydrogen-bond donors (Lipinski definition) is 1. The molecule has 0 bridgehead atoms. The minimum Gasteiger partial charge on any atom is -0.392 e. The average molecular weight is 282 g/mol. The van der Waals surface area contributed by atoms with E-state index in [0.717, 1.165) is 31.9 Å². The second kappa shape index (κ2) is 8.71. The van der Waals surface area contributed by atoms with Gasteiger partial charge in [-0.3, -0.25) is 9.69 Å². The fourth-order valence-electron chi connectivity index (χ4n) is 2.33. The molecular weight excluding hydrogens is 256 g/mol. The minimum absolute atomic E-state index is 0.267. The molecule has 6 heteroatoms. The van der Waals surface area contributed by atoms with Crippen LogP contribution in [0.25, 0.3) is 0 Å².